The van der Waals surface area contributed by atoms with Crippen molar-refractivity contribution in [1.29, 1.82) is 0 Å². The van der Waals surface area contributed by atoms with Crippen LogP contribution in [-0.2, 0) is 6.42 Å². The highest BCUT2D eigenvalue weighted by atomic mass is 16.5. The summed E-state index contributed by atoms with van der Waals surface area (Å²) in [7, 11) is 1.56. The molecule has 3 nitrogen and oxygen atoms in total. The minimum Gasteiger partial charge on any atom is -0.504 e. The second-order valence-electron chi connectivity index (χ2n) is 4.84. The number of ether oxygens (including phenoxy) is 1. The number of nitrogens with one attached hydrogen (secondary N) is 1. The van der Waals surface area contributed by atoms with Crippen LogP contribution in [0.2, 0.25) is 0 Å². The van der Waals surface area contributed by atoms with Gasteiger partial charge in [0.05, 0.1) is 7.11 Å². The van der Waals surface area contributed by atoms with Gasteiger partial charge in [-0.05, 0) is 43.1 Å². The Bertz CT molecular complexity index is 540. The Morgan fingerprint density at radius 2 is 1.90 bits per heavy atom. The van der Waals surface area contributed by atoms with Crippen molar-refractivity contribution in [2.45, 2.75) is 19.4 Å². The molecule has 1 unspecified atom stereocenters. The molecule has 0 aliphatic rings. The molecule has 20 heavy (non-hydrogen) atoms. The third-order valence-electron chi connectivity index (χ3n) is 3.41. The maximum Gasteiger partial charge on any atom is 0.160 e. The fourth-order valence-corrected chi connectivity index (χ4v) is 2.16. The molecule has 2 aromatic carbocycles. The van der Waals surface area contributed by atoms with Crippen molar-refractivity contribution in [3.05, 3.63) is 59.7 Å². The van der Waals surface area contributed by atoms with E-state index in [-0.39, 0.29) is 11.8 Å². The molecule has 2 rings (SSSR count). The van der Waals surface area contributed by atoms with Crippen LogP contribution in [0.5, 0.6) is 11.5 Å². The predicted octanol–water partition coefficient (Wildman–Crippen LogP) is 3.29. The first-order valence-electron chi connectivity index (χ1n) is 6.85. The Hall–Kier alpha value is -2.00. The molecule has 2 aromatic rings. The first kappa shape index (κ1) is 14.4. The maximum atomic E-state index is 9.60. The van der Waals surface area contributed by atoms with Crippen molar-refractivity contribution >= 4 is 0 Å². The number of hydrogen-bond acceptors (Lipinski definition) is 3. The minimum atomic E-state index is 0.174. The molecule has 0 amide bonds. The van der Waals surface area contributed by atoms with Gasteiger partial charge in [0.2, 0.25) is 0 Å². The zero-order valence-corrected chi connectivity index (χ0v) is 12.0. The van der Waals surface area contributed by atoms with Crippen molar-refractivity contribution in [1.82, 2.24) is 5.32 Å². The minimum absolute atomic E-state index is 0.174. The molecule has 0 aliphatic carbocycles. The van der Waals surface area contributed by atoms with Gasteiger partial charge in [-0.1, -0.05) is 36.4 Å². The number of phenols is 1. The Morgan fingerprint density at radius 1 is 1.15 bits per heavy atom. The first-order chi connectivity index (χ1) is 9.70. The number of rotatable bonds is 6. The monoisotopic (exact) mass is 271 g/mol. The molecular weight excluding hydrogens is 250 g/mol. The summed E-state index contributed by atoms with van der Waals surface area (Å²) in [6, 6.07) is 16.1. The van der Waals surface area contributed by atoms with Crippen LogP contribution in [-0.4, -0.2) is 18.8 Å². The zero-order chi connectivity index (χ0) is 14.4. The number of aromatic hydroxyl groups is 1. The highest BCUT2D eigenvalue weighted by molar-refractivity contribution is 5.42. The Labute approximate surface area is 120 Å². The first-order valence-corrected chi connectivity index (χ1v) is 6.85. The lowest BCUT2D eigenvalue weighted by molar-refractivity contribution is 0.372. The molecular formula is C17H21NO2. The van der Waals surface area contributed by atoms with Crippen LogP contribution in [0.25, 0.3) is 0 Å². The molecule has 1 atom stereocenters. The summed E-state index contributed by atoms with van der Waals surface area (Å²) < 4.78 is 5.13. The summed E-state index contributed by atoms with van der Waals surface area (Å²) >= 11 is 0. The number of hydrogen-bond donors (Lipinski definition) is 2. The highest BCUT2D eigenvalue weighted by Crippen LogP contribution is 2.28. The van der Waals surface area contributed by atoms with E-state index >= 15 is 0 Å². The van der Waals surface area contributed by atoms with E-state index in [1.54, 1.807) is 13.2 Å². The fourth-order valence-electron chi connectivity index (χ4n) is 2.16. The fraction of sp³-hybridized carbons (Fsp3) is 0.294. The van der Waals surface area contributed by atoms with Gasteiger partial charge in [-0.3, -0.25) is 0 Å². The molecule has 0 spiro atoms. The molecule has 0 saturated heterocycles. The topological polar surface area (TPSA) is 41.5 Å². The van der Waals surface area contributed by atoms with Gasteiger partial charge in [-0.15, -0.1) is 0 Å². The lowest BCUT2D eigenvalue weighted by atomic mass is 10.1. The third-order valence-corrected chi connectivity index (χ3v) is 3.41. The van der Waals surface area contributed by atoms with E-state index in [4.69, 9.17) is 4.74 Å². The van der Waals surface area contributed by atoms with Crippen LogP contribution >= 0.6 is 0 Å². The van der Waals surface area contributed by atoms with Crippen LogP contribution < -0.4 is 10.1 Å². The van der Waals surface area contributed by atoms with Crippen molar-refractivity contribution in [2.75, 3.05) is 13.7 Å². The largest absolute Gasteiger partial charge is 0.504 e. The Morgan fingerprint density at radius 3 is 2.60 bits per heavy atom. The van der Waals surface area contributed by atoms with E-state index < -0.39 is 0 Å². The van der Waals surface area contributed by atoms with E-state index in [0.717, 1.165) is 18.5 Å². The van der Waals surface area contributed by atoms with Gasteiger partial charge in [-0.2, -0.15) is 0 Å². The molecule has 0 fully saturated rings. The standard InChI is InChI=1S/C17H21NO2/c1-13(15-8-9-16(19)17(12-15)20-2)18-11-10-14-6-4-3-5-7-14/h3-9,12-13,18-19H,10-11H2,1-2H3. The molecule has 0 aromatic heterocycles. The summed E-state index contributed by atoms with van der Waals surface area (Å²) in [6.45, 7) is 3.02. The second-order valence-corrected chi connectivity index (χ2v) is 4.84. The van der Waals surface area contributed by atoms with E-state index in [1.807, 2.05) is 18.2 Å². The Kier molecular flexibility index (Phi) is 5.02. The summed E-state index contributed by atoms with van der Waals surface area (Å²) in [5, 5.41) is 13.1. The molecule has 0 saturated carbocycles. The van der Waals surface area contributed by atoms with Gasteiger partial charge in [0.25, 0.3) is 0 Å². The molecule has 0 bridgehead atoms. The lowest BCUT2D eigenvalue weighted by Gasteiger charge is -2.15. The van der Waals surface area contributed by atoms with Gasteiger partial charge < -0.3 is 15.2 Å². The highest BCUT2D eigenvalue weighted by Gasteiger charge is 2.08. The van der Waals surface area contributed by atoms with Crippen LogP contribution in [0, 0.1) is 0 Å². The summed E-state index contributed by atoms with van der Waals surface area (Å²) in [5.74, 6) is 0.687. The molecule has 2 N–H and O–H groups in total. The number of methoxy groups -OCH3 is 1. The zero-order valence-electron chi connectivity index (χ0n) is 12.0. The summed E-state index contributed by atoms with van der Waals surface area (Å²) in [6.07, 6.45) is 1.00. The molecule has 106 valence electrons. The SMILES string of the molecule is COc1cc(C(C)NCCc2ccccc2)ccc1O. The normalized spacial score (nSPS) is 12.1. The third kappa shape index (κ3) is 3.75. The van der Waals surface area contributed by atoms with E-state index in [9.17, 15) is 5.11 Å². The number of phenolic OH excluding ortho intramolecular Hbond substituents is 1. The van der Waals surface area contributed by atoms with E-state index in [0.29, 0.717) is 5.75 Å². The van der Waals surface area contributed by atoms with E-state index in [1.165, 1.54) is 5.56 Å². The second kappa shape index (κ2) is 6.96. The van der Waals surface area contributed by atoms with Crippen molar-refractivity contribution in [2.24, 2.45) is 0 Å². The van der Waals surface area contributed by atoms with E-state index in [2.05, 4.69) is 36.5 Å². The quantitative estimate of drug-likeness (QED) is 0.847. The molecule has 0 heterocycles. The van der Waals surface area contributed by atoms with Crippen LogP contribution in [0.4, 0.5) is 0 Å². The predicted molar refractivity (Wildman–Crippen MR) is 81.2 cm³/mol. The van der Waals surface area contributed by atoms with Crippen molar-refractivity contribution in [3.63, 3.8) is 0 Å². The smallest absolute Gasteiger partial charge is 0.160 e. The maximum absolute atomic E-state index is 9.60. The van der Waals surface area contributed by atoms with Crippen LogP contribution in [0.3, 0.4) is 0 Å². The number of benzene rings is 2. The summed E-state index contributed by atoms with van der Waals surface area (Å²) in [4.78, 5) is 0. The lowest BCUT2D eigenvalue weighted by Crippen LogP contribution is -2.21. The van der Waals surface area contributed by atoms with Crippen molar-refractivity contribution in [3.8, 4) is 11.5 Å². The molecule has 0 radical (unpaired) electrons. The molecule has 3 heteroatoms. The average molecular weight is 271 g/mol. The van der Waals surface area contributed by atoms with Gasteiger partial charge in [0, 0.05) is 6.04 Å². The van der Waals surface area contributed by atoms with Gasteiger partial charge in [0.15, 0.2) is 11.5 Å². The van der Waals surface area contributed by atoms with Crippen LogP contribution in [0.15, 0.2) is 48.5 Å². The van der Waals surface area contributed by atoms with Crippen LogP contribution in [0.1, 0.15) is 24.1 Å². The summed E-state index contributed by atoms with van der Waals surface area (Å²) in [5.41, 5.74) is 2.43. The van der Waals surface area contributed by atoms with Gasteiger partial charge in [-0.25, -0.2) is 0 Å². The van der Waals surface area contributed by atoms with Crippen molar-refractivity contribution < 1.29 is 9.84 Å². The molecule has 0 aliphatic heterocycles. The Balaban J connectivity index is 1.90. The average Bonchev–Trinajstić information content (AvgIpc) is 2.48. The van der Waals surface area contributed by atoms with Gasteiger partial charge in [0.1, 0.15) is 0 Å². The van der Waals surface area contributed by atoms with Gasteiger partial charge >= 0.3 is 0 Å².